The molecule has 0 N–H and O–H groups in total. The van der Waals surface area contributed by atoms with Gasteiger partial charge in [-0.25, -0.2) is 8.42 Å². The van der Waals surface area contributed by atoms with Crippen LogP contribution in [0.15, 0.2) is 45.8 Å². The van der Waals surface area contributed by atoms with Crippen LogP contribution in [-0.4, -0.2) is 51.5 Å². The summed E-state index contributed by atoms with van der Waals surface area (Å²) in [5.41, 5.74) is 3.22. The van der Waals surface area contributed by atoms with Crippen molar-refractivity contribution in [2.24, 2.45) is 0 Å². The Morgan fingerprint density at radius 3 is 2.48 bits per heavy atom. The number of anilines is 1. The molecule has 156 valence electrons. The first-order chi connectivity index (χ1) is 13.8. The van der Waals surface area contributed by atoms with Gasteiger partial charge in [-0.2, -0.15) is 4.31 Å². The Bertz CT molecular complexity index is 1020. The molecule has 1 aliphatic heterocycles. The molecule has 29 heavy (non-hydrogen) atoms. The maximum Gasteiger partial charge on any atom is 0.258 e. The average Bonchev–Trinajstić information content (AvgIpc) is 2.72. The summed E-state index contributed by atoms with van der Waals surface area (Å²) in [7, 11) is -3.72. The molecule has 8 heteroatoms. The lowest BCUT2D eigenvalue weighted by Crippen LogP contribution is -2.40. The monoisotopic (exact) mass is 480 g/mol. The van der Waals surface area contributed by atoms with E-state index in [1.54, 1.807) is 17.0 Å². The molecule has 0 aliphatic carbocycles. The number of sulfonamides is 1. The molecule has 1 amide bonds. The van der Waals surface area contributed by atoms with E-state index in [-0.39, 0.29) is 10.8 Å². The summed E-state index contributed by atoms with van der Waals surface area (Å²) >= 11 is 3.34. The Morgan fingerprint density at radius 1 is 1.14 bits per heavy atom. The summed E-state index contributed by atoms with van der Waals surface area (Å²) in [6.07, 6.45) is 0. The topological polar surface area (TPSA) is 66.9 Å². The minimum Gasteiger partial charge on any atom is -0.379 e. The van der Waals surface area contributed by atoms with E-state index in [1.165, 1.54) is 10.4 Å². The molecule has 0 atom stereocenters. The van der Waals surface area contributed by atoms with Crippen molar-refractivity contribution in [3.8, 4) is 0 Å². The number of hydrogen-bond acceptors (Lipinski definition) is 4. The summed E-state index contributed by atoms with van der Waals surface area (Å²) in [5.74, 6) is -0.230. The smallest absolute Gasteiger partial charge is 0.258 e. The van der Waals surface area contributed by atoms with Crippen LogP contribution in [0.1, 0.15) is 28.4 Å². The zero-order valence-electron chi connectivity index (χ0n) is 16.8. The number of amides is 1. The van der Waals surface area contributed by atoms with Crippen LogP contribution in [-0.2, 0) is 14.8 Å². The standard InChI is InChI=1S/C21H25BrN2O4S/c1-4-24(19-13-15(2)5-6-16(19)3)21(25)17-7-8-18(22)20(14-17)29(26,27)23-9-11-28-12-10-23/h5-8,13-14H,4,9-12H2,1-3H3. The third-order valence-electron chi connectivity index (χ3n) is 4.98. The maximum absolute atomic E-state index is 13.3. The van der Waals surface area contributed by atoms with Crippen LogP contribution in [0, 0.1) is 13.8 Å². The van der Waals surface area contributed by atoms with E-state index in [2.05, 4.69) is 15.9 Å². The van der Waals surface area contributed by atoms with Gasteiger partial charge in [0.2, 0.25) is 10.0 Å². The molecule has 1 aliphatic rings. The highest BCUT2D eigenvalue weighted by atomic mass is 79.9. The molecule has 2 aromatic rings. The van der Waals surface area contributed by atoms with Crippen molar-refractivity contribution in [1.82, 2.24) is 4.31 Å². The third-order valence-corrected chi connectivity index (χ3v) is 7.88. The van der Waals surface area contributed by atoms with E-state index < -0.39 is 10.0 Å². The molecule has 1 saturated heterocycles. The molecule has 0 bridgehead atoms. The zero-order valence-corrected chi connectivity index (χ0v) is 19.2. The van der Waals surface area contributed by atoms with Gasteiger partial charge in [-0.15, -0.1) is 0 Å². The summed E-state index contributed by atoms with van der Waals surface area (Å²) < 4.78 is 33.3. The molecule has 0 radical (unpaired) electrons. The Kier molecular flexibility index (Phi) is 6.78. The number of nitrogens with zero attached hydrogens (tertiary/aromatic N) is 2. The molecular weight excluding hydrogens is 456 g/mol. The molecule has 0 saturated carbocycles. The first-order valence-corrected chi connectivity index (χ1v) is 11.8. The van der Waals surface area contributed by atoms with E-state index in [1.807, 2.05) is 39.0 Å². The van der Waals surface area contributed by atoms with Gasteiger partial charge in [0.25, 0.3) is 5.91 Å². The number of benzene rings is 2. The van der Waals surface area contributed by atoms with Crippen LogP contribution in [0.4, 0.5) is 5.69 Å². The Hall–Kier alpha value is -1.74. The summed E-state index contributed by atoms with van der Waals surface area (Å²) in [6.45, 7) is 7.66. The Labute approximate surface area is 180 Å². The van der Waals surface area contributed by atoms with E-state index in [4.69, 9.17) is 4.74 Å². The number of rotatable bonds is 5. The second kappa shape index (κ2) is 8.95. The number of ether oxygens (including phenoxy) is 1. The fraction of sp³-hybridized carbons (Fsp3) is 0.381. The number of carbonyl (C=O) groups is 1. The molecule has 0 unspecified atom stereocenters. The van der Waals surface area contributed by atoms with Gasteiger partial charge in [-0.05, 0) is 72.1 Å². The van der Waals surface area contributed by atoms with Crippen LogP contribution >= 0.6 is 15.9 Å². The Balaban J connectivity index is 1.99. The van der Waals surface area contributed by atoms with Crippen molar-refractivity contribution in [1.29, 1.82) is 0 Å². The van der Waals surface area contributed by atoms with Crippen molar-refractivity contribution in [2.75, 3.05) is 37.7 Å². The minimum atomic E-state index is -3.72. The molecule has 3 rings (SSSR count). The van der Waals surface area contributed by atoms with Crippen molar-refractivity contribution in [3.05, 3.63) is 57.6 Å². The average molecular weight is 481 g/mol. The van der Waals surface area contributed by atoms with Gasteiger partial charge in [0, 0.05) is 35.4 Å². The van der Waals surface area contributed by atoms with Crippen molar-refractivity contribution in [2.45, 2.75) is 25.7 Å². The highest BCUT2D eigenvalue weighted by molar-refractivity contribution is 9.10. The predicted molar refractivity (Wildman–Crippen MR) is 117 cm³/mol. The molecule has 0 spiro atoms. The van der Waals surface area contributed by atoms with Gasteiger partial charge < -0.3 is 9.64 Å². The highest BCUT2D eigenvalue weighted by Gasteiger charge is 2.29. The van der Waals surface area contributed by atoms with E-state index >= 15 is 0 Å². The van der Waals surface area contributed by atoms with Gasteiger partial charge in [0.05, 0.1) is 18.1 Å². The lowest BCUT2D eigenvalue weighted by Gasteiger charge is -2.27. The van der Waals surface area contributed by atoms with Gasteiger partial charge in [0.1, 0.15) is 0 Å². The molecule has 1 heterocycles. The van der Waals surface area contributed by atoms with Crippen LogP contribution < -0.4 is 4.90 Å². The quantitative estimate of drug-likeness (QED) is 0.653. The predicted octanol–water partition coefficient (Wildman–Crippen LogP) is 3.75. The minimum absolute atomic E-state index is 0.0993. The normalized spacial score (nSPS) is 15.3. The lowest BCUT2D eigenvalue weighted by atomic mass is 10.1. The number of carbonyl (C=O) groups excluding carboxylic acids is 1. The second-order valence-corrected chi connectivity index (χ2v) is 9.76. The zero-order chi connectivity index (χ0) is 21.2. The first kappa shape index (κ1) is 22.0. The third kappa shape index (κ3) is 4.55. The maximum atomic E-state index is 13.3. The summed E-state index contributed by atoms with van der Waals surface area (Å²) in [4.78, 5) is 15.1. The molecule has 0 aromatic heterocycles. The number of hydrogen-bond donors (Lipinski definition) is 0. The van der Waals surface area contributed by atoms with Crippen molar-refractivity contribution >= 4 is 37.5 Å². The summed E-state index contributed by atoms with van der Waals surface area (Å²) in [5, 5.41) is 0. The van der Waals surface area contributed by atoms with Gasteiger partial charge in [-0.1, -0.05) is 12.1 Å². The number of halogens is 1. The van der Waals surface area contributed by atoms with Crippen LogP contribution in [0.2, 0.25) is 0 Å². The molecule has 6 nitrogen and oxygen atoms in total. The summed E-state index contributed by atoms with van der Waals surface area (Å²) in [6, 6.07) is 10.7. The van der Waals surface area contributed by atoms with Crippen molar-refractivity contribution in [3.63, 3.8) is 0 Å². The number of aryl methyl sites for hydroxylation is 2. The van der Waals surface area contributed by atoms with Crippen molar-refractivity contribution < 1.29 is 17.9 Å². The van der Waals surface area contributed by atoms with E-state index in [0.717, 1.165) is 16.8 Å². The van der Waals surface area contributed by atoms with E-state index in [9.17, 15) is 13.2 Å². The molecule has 2 aromatic carbocycles. The lowest BCUT2D eigenvalue weighted by molar-refractivity contribution is 0.0730. The SMILES string of the molecule is CCN(C(=O)c1ccc(Br)c(S(=O)(=O)N2CCOCC2)c1)c1cc(C)ccc1C. The van der Waals surface area contributed by atoms with Gasteiger partial charge >= 0.3 is 0 Å². The largest absolute Gasteiger partial charge is 0.379 e. The van der Waals surface area contributed by atoms with Gasteiger partial charge in [0.15, 0.2) is 0 Å². The molecule has 1 fully saturated rings. The van der Waals surface area contributed by atoms with Crippen LogP contribution in [0.3, 0.4) is 0 Å². The number of morpholine rings is 1. The second-order valence-electron chi connectivity index (χ2n) is 7.00. The fourth-order valence-corrected chi connectivity index (χ4v) is 5.71. The van der Waals surface area contributed by atoms with Gasteiger partial charge in [-0.3, -0.25) is 4.79 Å². The van der Waals surface area contributed by atoms with E-state index in [0.29, 0.717) is 42.9 Å². The highest BCUT2D eigenvalue weighted by Crippen LogP contribution is 2.29. The van der Waals surface area contributed by atoms with Crippen LogP contribution in [0.5, 0.6) is 0 Å². The Morgan fingerprint density at radius 2 is 1.83 bits per heavy atom. The molecular formula is C21H25BrN2O4S. The first-order valence-electron chi connectivity index (χ1n) is 9.52. The van der Waals surface area contributed by atoms with Crippen LogP contribution in [0.25, 0.3) is 0 Å². The fourth-order valence-electron chi connectivity index (χ4n) is 3.35.